The molecule has 0 amide bonds. The first-order valence-corrected chi connectivity index (χ1v) is 5.65. The first-order chi connectivity index (χ1) is 8.22. The molecular formula is C11H10Cl2N4. The van der Waals surface area contributed by atoms with Crippen molar-refractivity contribution in [2.24, 2.45) is 5.84 Å². The number of benzene rings is 1. The van der Waals surface area contributed by atoms with E-state index in [2.05, 4.69) is 15.4 Å². The van der Waals surface area contributed by atoms with Crippen LogP contribution in [0.15, 0.2) is 36.8 Å². The normalized spacial score (nSPS) is 12.4. The Kier molecular flexibility index (Phi) is 3.91. The van der Waals surface area contributed by atoms with Crippen molar-refractivity contribution in [2.75, 3.05) is 0 Å². The lowest BCUT2D eigenvalue weighted by Gasteiger charge is -2.15. The van der Waals surface area contributed by atoms with Gasteiger partial charge in [0, 0.05) is 12.4 Å². The Balaban J connectivity index is 2.39. The molecule has 2 aromatic rings. The monoisotopic (exact) mass is 268 g/mol. The van der Waals surface area contributed by atoms with Gasteiger partial charge >= 0.3 is 0 Å². The third-order valence-corrected chi connectivity index (χ3v) is 3.06. The quantitative estimate of drug-likeness (QED) is 0.663. The predicted octanol–water partition coefficient (Wildman–Crippen LogP) is 2.34. The summed E-state index contributed by atoms with van der Waals surface area (Å²) in [5.74, 6) is 5.53. The van der Waals surface area contributed by atoms with Gasteiger partial charge in [0.25, 0.3) is 0 Å². The van der Waals surface area contributed by atoms with Gasteiger partial charge in [-0.1, -0.05) is 29.3 Å². The summed E-state index contributed by atoms with van der Waals surface area (Å²) >= 11 is 11.8. The molecule has 0 saturated heterocycles. The first kappa shape index (κ1) is 12.3. The molecule has 1 aromatic carbocycles. The maximum atomic E-state index is 5.97. The summed E-state index contributed by atoms with van der Waals surface area (Å²) in [7, 11) is 0. The fraction of sp³-hybridized carbons (Fsp3) is 0.0909. The summed E-state index contributed by atoms with van der Waals surface area (Å²) in [5.41, 5.74) is 4.27. The molecule has 2 rings (SSSR count). The average molecular weight is 269 g/mol. The molecule has 0 aliphatic rings. The Morgan fingerprint density at radius 1 is 1.18 bits per heavy atom. The summed E-state index contributed by atoms with van der Waals surface area (Å²) in [5, 5.41) is 0.985. The number of nitrogens with one attached hydrogen (secondary N) is 1. The largest absolute Gasteiger partial charge is 0.271 e. The standard InChI is InChI=1S/C11H10Cl2N4/c12-8-2-1-7(5-9(8)13)11(17-14)10-6-15-3-4-16-10/h1-6,11,17H,14H2. The van der Waals surface area contributed by atoms with E-state index in [1.54, 1.807) is 30.7 Å². The SMILES string of the molecule is NNC(c1ccc(Cl)c(Cl)c1)c1cnccn1. The number of hydrogen-bond donors (Lipinski definition) is 2. The summed E-state index contributed by atoms with van der Waals surface area (Å²) < 4.78 is 0. The predicted molar refractivity (Wildman–Crippen MR) is 67.7 cm³/mol. The van der Waals surface area contributed by atoms with Crippen LogP contribution in [0.3, 0.4) is 0 Å². The van der Waals surface area contributed by atoms with Gasteiger partial charge in [-0.2, -0.15) is 0 Å². The van der Waals surface area contributed by atoms with E-state index in [-0.39, 0.29) is 6.04 Å². The second-order valence-corrected chi connectivity index (χ2v) is 4.22. The summed E-state index contributed by atoms with van der Waals surface area (Å²) in [6.45, 7) is 0. The molecule has 0 aliphatic carbocycles. The highest BCUT2D eigenvalue weighted by Gasteiger charge is 2.14. The number of hydrogen-bond acceptors (Lipinski definition) is 4. The van der Waals surface area contributed by atoms with Crippen LogP contribution in [0.25, 0.3) is 0 Å². The second-order valence-electron chi connectivity index (χ2n) is 3.40. The maximum Gasteiger partial charge on any atom is 0.0897 e. The van der Waals surface area contributed by atoms with Crippen LogP contribution in [0.4, 0.5) is 0 Å². The van der Waals surface area contributed by atoms with Gasteiger partial charge in [0.15, 0.2) is 0 Å². The molecule has 88 valence electrons. The van der Waals surface area contributed by atoms with Crippen molar-refractivity contribution in [1.82, 2.24) is 15.4 Å². The van der Waals surface area contributed by atoms with E-state index in [9.17, 15) is 0 Å². The van der Waals surface area contributed by atoms with Crippen LogP contribution >= 0.6 is 23.2 Å². The van der Waals surface area contributed by atoms with Crippen molar-refractivity contribution in [2.45, 2.75) is 6.04 Å². The molecule has 0 bridgehead atoms. The zero-order valence-corrected chi connectivity index (χ0v) is 10.3. The van der Waals surface area contributed by atoms with Crippen LogP contribution in [-0.4, -0.2) is 9.97 Å². The number of nitrogens with two attached hydrogens (primary N) is 1. The van der Waals surface area contributed by atoms with Gasteiger partial charge in [0.05, 0.1) is 28.0 Å². The highest BCUT2D eigenvalue weighted by molar-refractivity contribution is 6.42. The summed E-state index contributed by atoms with van der Waals surface area (Å²) in [6, 6.07) is 5.05. The zero-order chi connectivity index (χ0) is 12.3. The molecular weight excluding hydrogens is 259 g/mol. The van der Waals surface area contributed by atoms with Crippen LogP contribution in [-0.2, 0) is 0 Å². The third-order valence-electron chi connectivity index (χ3n) is 2.32. The summed E-state index contributed by atoms with van der Waals surface area (Å²) in [4.78, 5) is 8.20. The Morgan fingerprint density at radius 3 is 2.59 bits per heavy atom. The van der Waals surface area contributed by atoms with Gasteiger partial charge in [-0.05, 0) is 17.7 Å². The molecule has 0 aliphatic heterocycles. The molecule has 0 saturated carbocycles. The molecule has 0 spiro atoms. The molecule has 3 N–H and O–H groups in total. The molecule has 0 fully saturated rings. The number of halogens is 2. The number of hydrazine groups is 1. The van der Waals surface area contributed by atoms with Crippen LogP contribution in [0.5, 0.6) is 0 Å². The third kappa shape index (κ3) is 2.73. The highest BCUT2D eigenvalue weighted by atomic mass is 35.5. The van der Waals surface area contributed by atoms with E-state index in [1.807, 2.05) is 6.07 Å². The maximum absolute atomic E-state index is 5.97. The molecule has 1 heterocycles. The molecule has 1 atom stereocenters. The van der Waals surface area contributed by atoms with E-state index >= 15 is 0 Å². The molecule has 1 unspecified atom stereocenters. The Morgan fingerprint density at radius 2 is 2.00 bits per heavy atom. The fourth-order valence-electron chi connectivity index (χ4n) is 1.50. The lowest BCUT2D eigenvalue weighted by Crippen LogP contribution is -2.29. The fourth-order valence-corrected chi connectivity index (χ4v) is 1.81. The Labute approximate surface area is 109 Å². The second kappa shape index (κ2) is 5.42. The van der Waals surface area contributed by atoms with E-state index < -0.39 is 0 Å². The molecule has 17 heavy (non-hydrogen) atoms. The molecule has 4 nitrogen and oxygen atoms in total. The number of aromatic nitrogens is 2. The minimum absolute atomic E-state index is 0.265. The van der Waals surface area contributed by atoms with Crippen molar-refractivity contribution in [3.63, 3.8) is 0 Å². The Bertz CT molecular complexity index is 504. The number of rotatable bonds is 3. The van der Waals surface area contributed by atoms with Crippen molar-refractivity contribution in [3.8, 4) is 0 Å². The van der Waals surface area contributed by atoms with Crippen LogP contribution in [0, 0.1) is 0 Å². The first-order valence-electron chi connectivity index (χ1n) is 4.89. The zero-order valence-electron chi connectivity index (χ0n) is 8.77. The number of nitrogens with zero attached hydrogens (tertiary/aromatic N) is 2. The van der Waals surface area contributed by atoms with E-state index in [1.165, 1.54) is 0 Å². The van der Waals surface area contributed by atoms with Crippen LogP contribution in [0.2, 0.25) is 10.0 Å². The van der Waals surface area contributed by atoms with Crippen LogP contribution < -0.4 is 11.3 Å². The van der Waals surface area contributed by atoms with Crippen molar-refractivity contribution >= 4 is 23.2 Å². The van der Waals surface area contributed by atoms with Gasteiger partial charge in [-0.25, -0.2) is 5.43 Å². The van der Waals surface area contributed by atoms with Crippen molar-refractivity contribution < 1.29 is 0 Å². The van der Waals surface area contributed by atoms with Gasteiger partial charge in [-0.3, -0.25) is 15.8 Å². The van der Waals surface area contributed by atoms with Crippen LogP contribution in [0.1, 0.15) is 17.3 Å². The van der Waals surface area contributed by atoms with Gasteiger partial charge in [0.1, 0.15) is 0 Å². The molecule has 6 heteroatoms. The van der Waals surface area contributed by atoms with Gasteiger partial charge < -0.3 is 0 Å². The van der Waals surface area contributed by atoms with Gasteiger partial charge in [0.2, 0.25) is 0 Å². The van der Waals surface area contributed by atoms with E-state index in [4.69, 9.17) is 29.0 Å². The Hall–Kier alpha value is -1.20. The highest BCUT2D eigenvalue weighted by Crippen LogP contribution is 2.27. The minimum Gasteiger partial charge on any atom is -0.271 e. The summed E-state index contributed by atoms with van der Waals surface area (Å²) in [6.07, 6.45) is 4.86. The minimum atomic E-state index is -0.265. The average Bonchev–Trinajstić information content (AvgIpc) is 2.36. The molecule has 1 aromatic heterocycles. The van der Waals surface area contributed by atoms with E-state index in [0.717, 1.165) is 5.56 Å². The van der Waals surface area contributed by atoms with E-state index in [0.29, 0.717) is 15.7 Å². The smallest absolute Gasteiger partial charge is 0.0897 e. The van der Waals surface area contributed by atoms with Gasteiger partial charge in [-0.15, -0.1) is 0 Å². The lowest BCUT2D eigenvalue weighted by molar-refractivity contribution is 0.618. The van der Waals surface area contributed by atoms with Crippen molar-refractivity contribution in [3.05, 3.63) is 58.1 Å². The lowest BCUT2D eigenvalue weighted by atomic mass is 10.1. The van der Waals surface area contributed by atoms with Crippen molar-refractivity contribution in [1.29, 1.82) is 0 Å². The molecule has 0 radical (unpaired) electrons. The topological polar surface area (TPSA) is 63.8 Å².